The zero-order valence-corrected chi connectivity index (χ0v) is 13.7. The average molecular weight is 326 g/mol. The summed E-state index contributed by atoms with van der Waals surface area (Å²) in [6.45, 7) is 0. The normalized spacial score (nSPS) is 16.2. The molecule has 1 aliphatic rings. The van der Waals surface area contributed by atoms with Gasteiger partial charge in [-0.2, -0.15) is 0 Å². The van der Waals surface area contributed by atoms with Gasteiger partial charge in [0, 0.05) is 39.9 Å². The van der Waals surface area contributed by atoms with E-state index in [2.05, 4.69) is 11.4 Å². The van der Waals surface area contributed by atoms with Crippen LogP contribution in [0.25, 0.3) is 0 Å². The van der Waals surface area contributed by atoms with Gasteiger partial charge >= 0.3 is 0 Å². The topological polar surface area (TPSA) is 46.2 Å². The fourth-order valence-corrected chi connectivity index (χ4v) is 3.40. The predicted molar refractivity (Wildman–Crippen MR) is 89.0 cm³/mol. The number of anilines is 1. The molecule has 21 heavy (non-hydrogen) atoms. The Morgan fingerprint density at radius 2 is 2.19 bits per heavy atom. The third-order valence-corrected chi connectivity index (χ3v) is 4.55. The van der Waals surface area contributed by atoms with E-state index in [-0.39, 0.29) is 5.91 Å². The van der Waals surface area contributed by atoms with Gasteiger partial charge in [-0.3, -0.25) is 9.00 Å². The second-order valence-corrected chi connectivity index (χ2v) is 7.20. The molecule has 0 bridgehead atoms. The van der Waals surface area contributed by atoms with E-state index in [1.165, 1.54) is 18.4 Å². The summed E-state index contributed by atoms with van der Waals surface area (Å²) in [7, 11) is -0.960. The Kier molecular flexibility index (Phi) is 6.00. The number of benzene rings is 1. The van der Waals surface area contributed by atoms with Crippen molar-refractivity contribution >= 4 is 34.0 Å². The van der Waals surface area contributed by atoms with Gasteiger partial charge in [0.25, 0.3) is 0 Å². The summed E-state index contributed by atoms with van der Waals surface area (Å²) >= 11 is 6.08. The lowest BCUT2D eigenvalue weighted by Gasteiger charge is -2.13. The van der Waals surface area contributed by atoms with Crippen molar-refractivity contribution in [3.05, 3.63) is 40.4 Å². The highest BCUT2D eigenvalue weighted by molar-refractivity contribution is 7.83. The van der Waals surface area contributed by atoms with Crippen LogP contribution in [0.1, 0.15) is 37.7 Å². The standard InChI is InChI=1S/C16H20ClNO2S/c1-21(20)11-13-10-14(7-8-15(13)17)18-16(19)9-12-5-3-2-4-6-12/h5,7-8,10H,2-4,6,9,11H2,1H3,(H,18,19)/t21-/m0/s1. The molecule has 0 spiro atoms. The van der Waals surface area contributed by atoms with Gasteiger partial charge in [-0.25, -0.2) is 0 Å². The number of carbonyl (C=O) groups is 1. The minimum atomic E-state index is -0.960. The van der Waals surface area contributed by atoms with E-state index in [1.807, 2.05) is 0 Å². The first kappa shape index (κ1) is 16.2. The molecule has 5 heteroatoms. The minimum absolute atomic E-state index is 0.00552. The van der Waals surface area contributed by atoms with Gasteiger partial charge in [0.05, 0.1) is 0 Å². The first-order valence-electron chi connectivity index (χ1n) is 7.11. The van der Waals surface area contributed by atoms with Crippen LogP contribution in [0.4, 0.5) is 5.69 Å². The molecular formula is C16H20ClNO2S. The van der Waals surface area contributed by atoms with Crippen molar-refractivity contribution in [1.82, 2.24) is 0 Å². The molecule has 1 amide bonds. The summed E-state index contributed by atoms with van der Waals surface area (Å²) in [5, 5.41) is 3.47. The van der Waals surface area contributed by atoms with Crippen LogP contribution in [0.5, 0.6) is 0 Å². The molecule has 1 aliphatic carbocycles. The highest BCUT2D eigenvalue weighted by atomic mass is 35.5. The SMILES string of the molecule is C[S@](=O)Cc1cc(NC(=O)CC2=CCCCC2)ccc1Cl. The van der Waals surface area contributed by atoms with Crippen molar-refractivity contribution in [1.29, 1.82) is 0 Å². The Labute approximate surface area is 133 Å². The maximum absolute atomic E-state index is 12.1. The summed E-state index contributed by atoms with van der Waals surface area (Å²) in [6, 6.07) is 5.31. The van der Waals surface area contributed by atoms with E-state index in [0.29, 0.717) is 22.9 Å². The largest absolute Gasteiger partial charge is 0.326 e. The molecule has 0 saturated heterocycles. The summed E-state index contributed by atoms with van der Waals surface area (Å²) in [5.41, 5.74) is 2.73. The van der Waals surface area contributed by atoms with Crippen LogP contribution in [-0.2, 0) is 21.3 Å². The van der Waals surface area contributed by atoms with Crippen LogP contribution in [0.2, 0.25) is 5.02 Å². The number of hydrogen-bond donors (Lipinski definition) is 1. The number of hydrogen-bond acceptors (Lipinski definition) is 2. The van der Waals surface area contributed by atoms with Crippen LogP contribution < -0.4 is 5.32 Å². The Morgan fingerprint density at radius 3 is 2.86 bits per heavy atom. The van der Waals surface area contributed by atoms with Crippen LogP contribution >= 0.6 is 11.6 Å². The van der Waals surface area contributed by atoms with Crippen molar-refractivity contribution in [2.24, 2.45) is 0 Å². The lowest BCUT2D eigenvalue weighted by Crippen LogP contribution is -2.13. The average Bonchev–Trinajstić information content (AvgIpc) is 2.43. The van der Waals surface area contributed by atoms with Crippen LogP contribution in [0.15, 0.2) is 29.8 Å². The van der Waals surface area contributed by atoms with E-state index in [9.17, 15) is 9.00 Å². The van der Waals surface area contributed by atoms with Gasteiger partial charge in [0.2, 0.25) is 5.91 Å². The Balaban J connectivity index is 2.00. The highest BCUT2D eigenvalue weighted by Gasteiger charge is 2.10. The second kappa shape index (κ2) is 7.76. The summed E-state index contributed by atoms with van der Waals surface area (Å²) in [6.07, 6.45) is 8.77. The monoisotopic (exact) mass is 325 g/mol. The van der Waals surface area contributed by atoms with E-state index in [1.54, 1.807) is 24.5 Å². The number of carbonyl (C=O) groups excluding carboxylic acids is 1. The third-order valence-electron chi connectivity index (χ3n) is 3.46. The maximum atomic E-state index is 12.1. The second-order valence-electron chi connectivity index (χ2n) is 5.36. The van der Waals surface area contributed by atoms with Gasteiger partial charge in [-0.15, -0.1) is 0 Å². The van der Waals surface area contributed by atoms with Crippen LogP contribution in [0, 0.1) is 0 Å². The molecule has 0 saturated carbocycles. The van der Waals surface area contributed by atoms with E-state index in [4.69, 9.17) is 11.6 Å². The molecule has 114 valence electrons. The molecule has 1 atom stereocenters. The molecule has 0 fully saturated rings. The number of amides is 1. The molecular weight excluding hydrogens is 306 g/mol. The number of halogens is 1. The molecule has 0 unspecified atom stereocenters. The predicted octanol–water partition coefficient (Wildman–Crippen LogP) is 4.05. The molecule has 1 aromatic rings. The van der Waals surface area contributed by atoms with Crippen molar-refractivity contribution in [2.75, 3.05) is 11.6 Å². The summed E-state index contributed by atoms with van der Waals surface area (Å²) < 4.78 is 11.3. The first-order valence-corrected chi connectivity index (χ1v) is 9.21. The Morgan fingerprint density at radius 1 is 1.38 bits per heavy atom. The highest BCUT2D eigenvalue weighted by Crippen LogP contribution is 2.23. The molecule has 0 heterocycles. The molecule has 3 nitrogen and oxygen atoms in total. The van der Waals surface area contributed by atoms with Crippen molar-refractivity contribution in [2.45, 2.75) is 37.9 Å². The van der Waals surface area contributed by atoms with Crippen LogP contribution in [-0.4, -0.2) is 16.4 Å². The Hall–Kier alpha value is -1.13. The van der Waals surface area contributed by atoms with Crippen molar-refractivity contribution in [3.63, 3.8) is 0 Å². The summed E-state index contributed by atoms with van der Waals surface area (Å²) in [4.78, 5) is 12.1. The molecule has 0 radical (unpaired) electrons. The van der Waals surface area contributed by atoms with Crippen molar-refractivity contribution in [3.8, 4) is 0 Å². The van der Waals surface area contributed by atoms with E-state index >= 15 is 0 Å². The number of allylic oxidation sites excluding steroid dienone is 1. The first-order chi connectivity index (χ1) is 10.0. The smallest absolute Gasteiger partial charge is 0.228 e. The molecule has 0 aromatic heterocycles. The molecule has 1 N–H and O–H groups in total. The lowest BCUT2D eigenvalue weighted by molar-refractivity contribution is -0.115. The van der Waals surface area contributed by atoms with Gasteiger partial charge in [-0.1, -0.05) is 23.3 Å². The van der Waals surface area contributed by atoms with Gasteiger partial charge in [0.1, 0.15) is 0 Å². The van der Waals surface area contributed by atoms with Gasteiger partial charge in [-0.05, 0) is 49.4 Å². The fourth-order valence-electron chi connectivity index (χ4n) is 2.46. The molecule has 1 aromatic carbocycles. The van der Waals surface area contributed by atoms with E-state index in [0.717, 1.165) is 18.4 Å². The third kappa shape index (κ3) is 5.29. The van der Waals surface area contributed by atoms with Gasteiger partial charge in [0.15, 0.2) is 0 Å². The fraction of sp³-hybridized carbons (Fsp3) is 0.438. The lowest BCUT2D eigenvalue weighted by atomic mass is 9.97. The number of rotatable bonds is 5. The zero-order chi connectivity index (χ0) is 15.2. The van der Waals surface area contributed by atoms with Gasteiger partial charge < -0.3 is 5.32 Å². The summed E-state index contributed by atoms with van der Waals surface area (Å²) in [5.74, 6) is 0.391. The molecule has 2 rings (SSSR count). The van der Waals surface area contributed by atoms with Crippen molar-refractivity contribution < 1.29 is 9.00 Å². The number of nitrogens with one attached hydrogen (secondary N) is 1. The van der Waals surface area contributed by atoms with E-state index < -0.39 is 10.8 Å². The molecule has 0 aliphatic heterocycles. The minimum Gasteiger partial charge on any atom is -0.326 e. The zero-order valence-electron chi connectivity index (χ0n) is 12.2. The maximum Gasteiger partial charge on any atom is 0.228 e. The van der Waals surface area contributed by atoms with Crippen LogP contribution in [0.3, 0.4) is 0 Å². The Bertz CT molecular complexity index is 584. The quantitative estimate of drug-likeness (QED) is 0.830.